The van der Waals surface area contributed by atoms with Gasteiger partial charge >= 0.3 is 6.18 Å². The third kappa shape index (κ3) is 4.18. The van der Waals surface area contributed by atoms with E-state index in [0.29, 0.717) is 44.1 Å². The second-order valence-electron chi connectivity index (χ2n) is 11.3. The fourth-order valence-electron chi connectivity index (χ4n) is 6.07. The van der Waals surface area contributed by atoms with Gasteiger partial charge in [-0.1, -0.05) is 56.4 Å². The summed E-state index contributed by atoms with van der Waals surface area (Å²) in [5.74, 6) is -1.01. The van der Waals surface area contributed by atoms with Crippen LogP contribution in [0.4, 0.5) is 17.6 Å². The topological polar surface area (TPSA) is 51.6 Å². The molecule has 1 saturated heterocycles. The highest BCUT2D eigenvalue weighted by Gasteiger charge is 2.56. The number of aromatic nitrogens is 1. The number of fused-ring (bicyclic) bond motifs is 4. The molecule has 36 heavy (non-hydrogen) atoms. The predicted octanol–water partition coefficient (Wildman–Crippen LogP) is 6.91. The van der Waals surface area contributed by atoms with E-state index >= 15 is 4.39 Å². The molecule has 196 valence electrons. The van der Waals surface area contributed by atoms with Crippen LogP contribution in [0.3, 0.4) is 0 Å². The molecule has 1 aromatic carbocycles. The predicted molar refractivity (Wildman–Crippen MR) is 135 cm³/mol. The monoisotopic (exact) mass is 619 g/mol. The number of ether oxygens (including phenoxy) is 2. The maximum absolute atomic E-state index is 15.4. The van der Waals surface area contributed by atoms with E-state index in [1.54, 1.807) is 0 Å². The number of alkyl halides is 4. The van der Waals surface area contributed by atoms with Gasteiger partial charge in [-0.25, -0.2) is 4.39 Å². The van der Waals surface area contributed by atoms with E-state index in [-0.39, 0.29) is 20.8 Å². The minimum atomic E-state index is -4.65. The molecule has 0 amide bonds. The molecule has 1 fully saturated rings. The van der Waals surface area contributed by atoms with Gasteiger partial charge in [0.05, 0.1) is 22.2 Å². The van der Waals surface area contributed by atoms with Crippen LogP contribution < -0.4 is 0 Å². The van der Waals surface area contributed by atoms with Crippen molar-refractivity contribution >= 4 is 22.6 Å². The Labute approximate surface area is 221 Å². The quantitative estimate of drug-likeness (QED) is 0.226. The van der Waals surface area contributed by atoms with E-state index < -0.39 is 35.4 Å². The van der Waals surface area contributed by atoms with Gasteiger partial charge < -0.3 is 14.6 Å². The lowest BCUT2D eigenvalue weighted by Gasteiger charge is -2.42. The Morgan fingerprint density at radius 3 is 2.53 bits per heavy atom. The lowest BCUT2D eigenvalue weighted by atomic mass is 9.70. The van der Waals surface area contributed by atoms with E-state index in [4.69, 9.17) is 14.5 Å². The van der Waals surface area contributed by atoms with Crippen LogP contribution in [-0.4, -0.2) is 27.2 Å². The zero-order valence-corrected chi connectivity index (χ0v) is 22.8. The first-order valence-corrected chi connectivity index (χ1v) is 13.5. The van der Waals surface area contributed by atoms with Crippen molar-refractivity contribution in [1.82, 2.24) is 4.98 Å². The van der Waals surface area contributed by atoms with Crippen molar-refractivity contribution < 1.29 is 32.1 Å². The summed E-state index contributed by atoms with van der Waals surface area (Å²) in [7, 11) is 0. The standard InChI is InChI=1S/C27H30F4INO3/c1-13(2)23-21-22(20-17(33-23)10-25(3,4)11-18(20)34)26(7-8-35-12-19(26)32)36-24(21)15-6-5-14(9-16(15)28)27(29,30)31/h5-6,9,13,18-19,24,34H,7-8,10-12H2,1-4H3. The van der Waals surface area contributed by atoms with Gasteiger partial charge in [0.25, 0.3) is 0 Å². The van der Waals surface area contributed by atoms with E-state index in [1.807, 2.05) is 13.8 Å². The molecule has 0 saturated carbocycles. The first-order chi connectivity index (χ1) is 16.7. The van der Waals surface area contributed by atoms with Crippen LogP contribution >= 0.6 is 22.6 Å². The van der Waals surface area contributed by atoms with E-state index in [2.05, 4.69) is 36.4 Å². The van der Waals surface area contributed by atoms with Crippen LogP contribution in [0.5, 0.6) is 0 Å². The van der Waals surface area contributed by atoms with Gasteiger partial charge in [0.1, 0.15) is 17.5 Å². The minimum Gasteiger partial charge on any atom is -0.388 e. The van der Waals surface area contributed by atoms with Crippen molar-refractivity contribution in [3.63, 3.8) is 0 Å². The highest BCUT2D eigenvalue weighted by molar-refractivity contribution is 14.1. The van der Waals surface area contributed by atoms with Gasteiger partial charge in [-0.2, -0.15) is 13.2 Å². The van der Waals surface area contributed by atoms with E-state index in [0.717, 1.165) is 28.6 Å². The molecule has 1 spiro atoms. The molecule has 4 nitrogen and oxygen atoms in total. The number of hydrogen-bond acceptors (Lipinski definition) is 4. The van der Waals surface area contributed by atoms with Crippen molar-refractivity contribution in [1.29, 1.82) is 0 Å². The van der Waals surface area contributed by atoms with Crippen molar-refractivity contribution in [2.24, 2.45) is 5.41 Å². The Hall–Kier alpha value is -1.30. The molecule has 5 rings (SSSR count). The number of pyridine rings is 1. The second kappa shape index (κ2) is 8.88. The fraction of sp³-hybridized carbons (Fsp3) is 0.593. The van der Waals surface area contributed by atoms with Gasteiger partial charge in [0.2, 0.25) is 0 Å². The summed E-state index contributed by atoms with van der Waals surface area (Å²) in [4.78, 5) is 5.02. The summed E-state index contributed by atoms with van der Waals surface area (Å²) >= 11 is 2.29. The van der Waals surface area contributed by atoms with E-state index in [1.165, 1.54) is 6.07 Å². The van der Waals surface area contributed by atoms with Gasteiger partial charge in [0.15, 0.2) is 0 Å². The highest BCUT2D eigenvalue weighted by Crippen LogP contribution is 2.59. The summed E-state index contributed by atoms with van der Waals surface area (Å²) in [6.45, 7) is 9.04. The van der Waals surface area contributed by atoms with Crippen LogP contribution in [0.25, 0.3) is 0 Å². The second-order valence-corrected chi connectivity index (χ2v) is 12.8. The number of hydrogen-bond donors (Lipinski definition) is 1. The largest absolute Gasteiger partial charge is 0.416 e. The zero-order valence-electron chi connectivity index (χ0n) is 20.7. The van der Waals surface area contributed by atoms with Crippen molar-refractivity contribution in [2.75, 3.05) is 13.2 Å². The summed E-state index contributed by atoms with van der Waals surface area (Å²) in [6.07, 6.45) is -4.62. The third-order valence-electron chi connectivity index (χ3n) is 7.66. The number of aliphatic hydroxyl groups is 1. The molecule has 4 unspecified atom stereocenters. The van der Waals surface area contributed by atoms with Crippen molar-refractivity contribution in [3.05, 3.63) is 63.2 Å². The molecule has 9 heteroatoms. The Balaban J connectivity index is 1.80. The number of aliphatic hydroxyl groups excluding tert-OH is 1. The third-order valence-corrected chi connectivity index (χ3v) is 9.03. The molecule has 2 aromatic rings. The normalized spacial score (nSPS) is 29.5. The molecule has 0 bridgehead atoms. The summed E-state index contributed by atoms with van der Waals surface area (Å²) in [5.41, 5.74) is 1.83. The Bertz CT molecular complexity index is 1200. The molecule has 3 heterocycles. The summed E-state index contributed by atoms with van der Waals surface area (Å²) < 4.78 is 67.5. The highest BCUT2D eigenvalue weighted by atomic mass is 127. The average Bonchev–Trinajstić information content (AvgIpc) is 3.09. The number of halogens is 5. The van der Waals surface area contributed by atoms with Gasteiger partial charge in [-0.05, 0) is 36.3 Å². The molecular weight excluding hydrogens is 589 g/mol. The molecule has 1 N–H and O–H groups in total. The fourth-order valence-corrected chi connectivity index (χ4v) is 7.09. The van der Waals surface area contributed by atoms with Crippen molar-refractivity contribution in [3.8, 4) is 0 Å². The molecule has 1 aromatic heterocycles. The maximum atomic E-state index is 15.4. The van der Waals surface area contributed by atoms with Crippen LogP contribution in [-0.2, 0) is 27.7 Å². The molecule has 1 aliphatic carbocycles. The van der Waals surface area contributed by atoms with Crippen LogP contribution in [0.1, 0.15) is 97.9 Å². The summed E-state index contributed by atoms with van der Waals surface area (Å²) in [6, 6.07) is 2.61. The van der Waals surface area contributed by atoms with E-state index in [9.17, 15) is 18.3 Å². The van der Waals surface area contributed by atoms with Crippen LogP contribution in [0, 0.1) is 11.2 Å². The first kappa shape index (κ1) is 26.3. The molecular formula is C27H30F4INO3. The maximum Gasteiger partial charge on any atom is 0.416 e. The minimum absolute atomic E-state index is 0.0440. The Morgan fingerprint density at radius 2 is 1.92 bits per heavy atom. The van der Waals surface area contributed by atoms with Crippen LogP contribution in [0.15, 0.2) is 18.2 Å². The van der Waals surface area contributed by atoms with Crippen LogP contribution in [0.2, 0.25) is 0 Å². The Morgan fingerprint density at radius 1 is 1.19 bits per heavy atom. The number of benzene rings is 1. The van der Waals surface area contributed by atoms with Gasteiger partial charge in [-0.3, -0.25) is 4.98 Å². The smallest absolute Gasteiger partial charge is 0.388 e. The lowest BCUT2D eigenvalue weighted by Crippen LogP contribution is -2.45. The summed E-state index contributed by atoms with van der Waals surface area (Å²) in [5, 5.41) is 11.4. The lowest BCUT2D eigenvalue weighted by molar-refractivity contribution is -0.138. The number of rotatable bonds is 2. The zero-order chi connectivity index (χ0) is 26.2. The Kier molecular flexibility index (Phi) is 6.49. The number of nitrogens with zero attached hydrogens (tertiary/aromatic N) is 1. The molecule has 0 radical (unpaired) electrons. The SMILES string of the molecule is CC(C)c1nc2c(c3c1C(c1ccc(C(F)(F)F)cc1F)OC31CCOCC1I)C(O)CC(C)(C)C2. The average molecular weight is 619 g/mol. The molecule has 3 aliphatic rings. The molecule has 4 atom stereocenters. The van der Waals surface area contributed by atoms with Crippen molar-refractivity contribution in [2.45, 2.75) is 80.8 Å². The first-order valence-electron chi connectivity index (χ1n) is 12.3. The molecule has 2 aliphatic heterocycles. The van der Waals surface area contributed by atoms with Gasteiger partial charge in [0, 0.05) is 46.7 Å². The van der Waals surface area contributed by atoms with Gasteiger partial charge in [-0.15, -0.1) is 0 Å².